The number of imidazole rings is 3. The van der Waals surface area contributed by atoms with Gasteiger partial charge in [-0.2, -0.15) is 31.7 Å². The Balaban J connectivity index is 0.000000660. The zero-order valence-electron chi connectivity index (χ0n) is 63.5. The molecule has 24 nitrogen and oxygen atoms in total. The molecule has 17 aromatic heterocycles. The van der Waals surface area contributed by atoms with Crippen molar-refractivity contribution >= 4 is 101 Å². The summed E-state index contributed by atoms with van der Waals surface area (Å²) in [7, 11) is 0. The van der Waals surface area contributed by atoms with Gasteiger partial charge in [0.25, 0.3) is 0 Å². The molecule has 4 aromatic carbocycles. The number of benzene rings is 4. The summed E-state index contributed by atoms with van der Waals surface area (Å²) in [5.74, 6) is 0. The number of aliphatic imine (C=N–C) groups is 1. The van der Waals surface area contributed by atoms with Gasteiger partial charge in [0.05, 0.1) is 76.0 Å². The summed E-state index contributed by atoms with van der Waals surface area (Å²) in [4.78, 5) is 56.4. The molecule has 2 aliphatic carbocycles. The van der Waals surface area contributed by atoms with Gasteiger partial charge < -0.3 is 23.2 Å². The van der Waals surface area contributed by atoms with E-state index in [0.29, 0.717) is 0 Å². The molecular formula is C97H112N22O2S3. The second-order valence-corrected chi connectivity index (χ2v) is 24.6. The molecule has 640 valence electrons. The zero-order valence-corrected chi connectivity index (χ0v) is 65.9. The molecule has 0 spiro atoms. The molecule has 0 bridgehead atoms. The summed E-state index contributed by atoms with van der Waals surface area (Å²) in [6, 6.07) is 64.8. The predicted octanol–water partition coefficient (Wildman–Crippen LogP) is 23.8. The Morgan fingerprint density at radius 1 is 0.347 bits per heavy atom. The normalized spacial score (nSPS) is 9.71. The van der Waals surface area contributed by atoms with Crippen molar-refractivity contribution in [2.24, 2.45) is 4.99 Å². The largest absolute Gasteiger partial charge is 0.473 e. The van der Waals surface area contributed by atoms with Gasteiger partial charge in [-0.1, -0.05) is 179 Å². The smallest absolute Gasteiger partial charge is 0.155 e. The number of para-hydroxylation sites is 4. The van der Waals surface area contributed by atoms with Crippen molar-refractivity contribution in [1.29, 1.82) is 0 Å². The van der Waals surface area contributed by atoms with Crippen molar-refractivity contribution in [1.82, 2.24) is 104 Å². The van der Waals surface area contributed by atoms with Gasteiger partial charge in [0, 0.05) is 166 Å². The number of nitrogens with one attached hydrogen (secondary N) is 2. The van der Waals surface area contributed by atoms with Crippen LogP contribution in [0.25, 0.3) is 61.2 Å². The third-order valence-corrected chi connectivity index (χ3v) is 16.0. The molecule has 0 atom stereocenters. The summed E-state index contributed by atoms with van der Waals surface area (Å²) in [5, 5.41) is 25.1. The molecule has 3 aliphatic rings. The lowest BCUT2D eigenvalue weighted by Gasteiger charge is -1.86. The number of nitrogens with zero attached hydrogens (tertiary/aromatic N) is 20. The molecule has 18 heterocycles. The molecular weight excluding hydrogens is 1600 g/mol. The average molecular weight is 1710 g/mol. The SMILES string of the molecule is C.C.C.C.C.C.C.C1=CCC=C1.C1=CN=CC1.C1=c2ccccc2=CC1.c1ccc2[nH]ccc2c1.c1ccc2[nH]cnc2c1.c1ccc2scnc2c1.c1ccncc1.c1ccnnc1.c1ccoc1.c1ccoc1.c1ccsc1.c1cn2ccnc2cn1.c1cnc2ccnn2c1.c1cnccn1.c1cncnc1.c1cnn2ccnc2c1.c1cscn1. The van der Waals surface area contributed by atoms with Gasteiger partial charge >= 0.3 is 0 Å². The first-order valence-corrected chi connectivity index (χ1v) is 38.9. The Bertz CT molecular complexity index is 4840. The third-order valence-electron chi connectivity index (χ3n) is 14.1. The van der Waals surface area contributed by atoms with Crippen LogP contribution in [0.15, 0.2) is 458 Å². The summed E-state index contributed by atoms with van der Waals surface area (Å²) in [5.41, 5.74) is 10.7. The molecule has 0 radical (unpaired) electrons. The first kappa shape index (κ1) is 107. The standard InChI is InChI=1S/C9H8.C8H7N.C7H6N2.C7H5NS.3C6H5N3.C5H5N.C5H6.3C4H4N2.C4H5N.2C4H4O.C4H4S.C3H3NS.7CH4/c1-2-5-9-7-3-6-8(9)4-1;1-2-4-8-7(3-1)5-6-9-8;2*1-2-4-7-6(3-1)8-5-9-7;1-3-9-4-2-8-6(9)5-7-1;1-3-7-6-2-4-8-9(6)5-1;1-2-6-7-4-5-9(6)8-3-1;1-2-4-6-5-3-1;1-2-4-5-3-1;1-2-6-4-3-5-1;1-2-5-4-6-3-1;1-2-4-6-5-3-1;4*1-2-4-5-3-1;1-2-5-3-4-1;;;;;;;/h1-2,4-7H,3H2;1-6,9H;1-5H,(H,8,9);4*1-5H;1-5H;1-4H,5H2;3*1-4H;1,3-4H,2H2;3*1-4H;1-3H;7*1H4. The molecule has 27 heteroatoms. The zero-order chi connectivity index (χ0) is 80.9. The first-order chi connectivity index (χ1) is 58.3. The van der Waals surface area contributed by atoms with Crippen LogP contribution in [-0.2, 0) is 0 Å². The van der Waals surface area contributed by atoms with Crippen LogP contribution in [0, 0.1) is 0 Å². The fourth-order valence-corrected chi connectivity index (χ4v) is 10.3. The maximum absolute atomic E-state index is 4.58. The Morgan fingerprint density at radius 3 is 1.42 bits per heavy atom. The number of hydrogen-bond donors (Lipinski definition) is 2. The van der Waals surface area contributed by atoms with Crippen LogP contribution >= 0.6 is 34.0 Å². The fraction of sp³-hybridized carbons (Fsp3) is 0.103. The molecule has 0 amide bonds. The number of aromatic amines is 2. The minimum absolute atomic E-state index is 0. The van der Waals surface area contributed by atoms with Gasteiger partial charge in [-0.15, -0.1) is 22.7 Å². The van der Waals surface area contributed by atoms with Gasteiger partial charge in [0.2, 0.25) is 0 Å². The second kappa shape index (κ2) is 72.8. The molecule has 0 saturated carbocycles. The number of furan rings is 2. The van der Waals surface area contributed by atoms with Crippen molar-refractivity contribution in [2.75, 3.05) is 0 Å². The van der Waals surface area contributed by atoms with E-state index < -0.39 is 0 Å². The number of pyridine rings is 1. The number of rotatable bonds is 0. The summed E-state index contributed by atoms with van der Waals surface area (Å²) in [6.07, 6.45) is 71.5. The van der Waals surface area contributed by atoms with E-state index in [-0.39, 0.29) is 52.0 Å². The molecule has 21 aromatic rings. The van der Waals surface area contributed by atoms with Crippen LogP contribution < -0.4 is 10.4 Å². The molecule has 24 rings (SSSR count). The maximum Gasteiger partial charge on any atom is 0.155 e. The van der Waals surface area contributed by atoms with Crippen LogP contribution in [0.3, 0.4) is 0 Å². The van der Waals surface area contributed by atoms with Crippen molar-refractivity contribution in [3.8, 4) is 0 Å². The van der Waals surface area contributed by atoms with Crippen molar-refractivity contribution < 1.29 is 8.83 Å². The molecule has 0 saturated heterocycles. The maximum atomic E-state index is 4.58. The van der Waals surface area contributed by atoms with E-state index in [1.165, 1.54) is 32.4 Å². The molecule has 1 aliphatic heterocycles. The number of thiophene rings is 1. The van der Waals surface area contributed by atoms with Crippen molar-refractivity contribution in [3.63, 3.8) is 0 Å². The highest BCUT2D eigenvalue weighted by molar-refractivity contribution is 7.16. The Hall–Kier alpha value is -15.5. The molecule has 0 fully saturated rings. The minimum Gasteiger partial charge on any atom is -0.473 e. The number of H-pyrrole nitrogens is 2. The quantitative estimate of drug-likeness (QED) is 0.143. The molecule has 2 N–H and O–H groups in total. The second-order valence-electron chi connectivity index (χ2n) is 22.2. The number of thiazole rings is 2. The predicted molar refractivity (Wildman–Crippen MR) is 519 cm³/mol. The lowest BCUT2D eigenvalue weighted by Crippen LogP contribution is -2.19. The molecule has 124 heavy (non-hydrogen) atoms. The lowest BCUT2D eigenvalue weighted by atomic mass is 10.3. The van der Waals surface area contributed by atoms with Crippen LogP contribution in [0.4, 0.5) is 0 Å². The van der Waals surface area contributed by atoms with Gasteiger partial charge in [0.15, 0.2) is 16.9 Å². The van der Waals surface area contributed by atoms with E-state index in [4.69, 9.17) is 0 Å². The van der Waals surface area contributed by atoms with Gasteiger partial charge in [-0.05, 0) is 149 Å². The Labute approximate surface area is 739 Å². The third kappa shape index (κ3) is 47.8. The number of fused-ring (bicyclic) bond motifs is 7. The van der Waals surface area contributed by atoms with Crippen LogP contribution in [0.1, 0.15) is 71.2 Å². The first-order valence-electron chi connectivity index (χ1n) is 36.1. The summed E-state index contributed by atoms with van der Waals surface area (Å²) >= 11 is 4.99. The Kier molecular flexibility index (Phi) is 62.5. The lowest BCUT2D eigenvalue weighted by molar-refractivity contribution is 0.567. The van der Waals surface area contributed by atoms with E-state index in [1.54, 1.807) is 204 Å². The number of aromatic nitrogens is 21. The summed E-state index contributed by atoms with van der Waals surface area (Å²) in [6.45, 7) is 0. The van der Waals surface area contributed by atoms with E-state index in [2.05, 4.69) is 189 Å². The topological polar surface area (TPSA) is 290 Å². The van der Waals surface area contributed by atoms with E-state index in [9.17, 15) is 0 Å². The van der Waals surface area contributed by atoms with Crippen molar-refractivity contribution in [3.05, 3.63) is 455 Å². The van der Waals surface area contributed by atoms with Crippen LogP contribution in [-0.4, -0.2) is 110 Å². The van der Waals surface area contributed by atoms with Gasteiger partial charge in [-0.3, -0.25) is 29.9 Å². The number of allylic oxidation sites excluding steroid dienone is 5. The highest BCUT2D eigenvalue weighted by Crippen LogP contribution is 2.16. The van der Waals surface area contributed by atoms with E-state index in [0.717, 1.165) is 52.8 Å². The van der Waals surface area contributed by atoms with E-state index >= 15 is 0 Å². The minimum atomic E-state index is 0. The molecule has 0 unspecified atom stereocenters. The highest BCUT2D eigenvalue weighted by atomic mass is 32.1. The van der Waals surface area contributed by atoms with E-state index in [1.807, 2.05) is 215 Å². The summed E-state index contributed by atoms with van der Waals surface area (Å²) < 4.78 is 15.8. The van der Waals surface area contributed by atoms with Crippen LogP contribution in [0.5, 0.6) is 0 Å². The Morgan fingerprint density at radius 2 is 0.935 bits per heavy atom. The van der Waals surface area contributed by atoms with Gasteiger partial charge in [-0.25, -0.2) is 43.9 Å². The van der Waals surface area contributed by atoms with Crippen molar-refractivity contribution in [2.45, 2.75) is 71.2 Å². The van der Waals surface area contributed by atoms with Crippen LogP contribution in [0.2, 0.25) is 0 Å². The van der Waals surface area contributed by atoms with Gasteiger partial charge in [0.1, 0.15) is 6.33 Å². The number of hydrogen-bond acceptors (Lipinski definition) is 22. The fourth-order valence-electron chi connectivity index (χ4n) is 8.80. The average Bonchev–Trinajstić information content (AvgIpc) is 1.79. The monoisotopic (exact) mass is 1710 g/mol. The highest BCUT2D eigenvalue weighted by Gasteiger charge is 1.93.